The van der Waals surface area contributed by atoms with Crippen molar-refractivity contribution < 1.29 is 4.74 Å². The van der Waals surface area contributed by atoms with Gasteiger partial charge in [-0.1, -0.05) is 26.2 Å². The molecule has 110 valence electrons. The molecule has 18 heavy (non-hydrogen) atoms. The smallest absolute Gasteiger partial charge is 0.190 e. The van der Waals surface area contributed by atoms with Crippen molar-refractivity contribution in [3.63, 3.8) is 0 Å². The van der Waals surface area contributed by atoms with E-state index in [0.717, 1.165) is 38.7 Å². The molecule has 0 aromatic heterocycles. The maximum Gasteiger partial charge on any atom is 0.190 e. The third-order valence-electron chi connectivity index (χ3n) is 2.51. The number of rotatable bonds is 10. The van der Waals surface area contributed by atoms with Crippen LogP contribution in [-0.4, -0.2) is 39.3 Å². The van der Waals surface area contributed by atoms with E-state index in [1.54, 1.807) is 0 Å². The number of unbranched alkanes of at least 4 members (excludes halogenated alkanes) is 3. The Morgan fingerprint density at radius 2 is 1.67 bits per heavy atom. The molecule has 5 heteroatoms. The zero-order chi connectivity index (χ0) is 12.8. The van der Waals surface area contributed by atoms with E-state index < -0.39 is 0 Å². The number of aliphatic imine (C=N–C) groups is 1. The van der Waals surface area contributed by atoms with E-state index in [2.05, 4.69) is 22.5 Å². The fraction of sp³-hybridized carbons (Fsp3) is 0.923. The van der Waals surface area contributed by atoms with E-state index in [1.807, 2.05) is 14.0 Å². The average molecular weight is 371 g/mol. The zero-order valence-corrected chi connectivity index (χ0v) is 14.5. The highest BCUT2D eigenvalue weighted by molar-refractivity contribution is 14.0. The second-order valence-corrected chi connectivity index (χ2v) is 4.04. The van der Waals surface area contributed by atoms with Crippen molar-refractivity contribution >= 4 is 29.9 Å². The van der Waals surface area contributed by atoms with E-state index in [9.17, 15) is 0 Å². The second-order valence-electron chi connectivity index (χ2n) is 4.04. The van der Waals surface area contributed by atoms with Crippen LogP contribution in [0.3, 0.4) is 0 Å². The van der Waals surface area contributed by atoms with Crippen LogP contribution >= 0.6 is 24.0 Å². The Hall–Kier alpha value is -0.0400. The molecule has 0 saturated carbocycles. The van der Waals surface area contributed by atoms with Crippen molar-refractivity contribution in [2.24, 2.45) is 4.99 Å². The fourth-order valence-electron chi connectivity index (χ4n) is 1.50. The first-order chi connectivity index (χ1) is 8.35. The highest BCUT2D eigenvalue weighted by atomic mass is 127. The lowest BCUT2D eigenvalue weighted by atomic mass is 10.2. The predicted octanol–water partition coefficient (Wildman–Crippen LogP) is 2.78. The predicted molar refractivity (Wildman–Crippen MR) is 90.0 cm³/mol. The van der Waals surface area contributed by atoms with Gasteiger partial charge in [-0.3, -0.25) is 4.99 Å². The van der Waals surface area contributed by atoms with Gasteiger partial charge in [0.25, 0.3) is 0 Å². The largest absolute Gasteiger partial charge is 0.382 e. The summed E-state index contributed by atoms with van der Waals surface area (Å²) in [6.07, 6.45) is 6.13. The van der Waals surface area contributed by atoms with Gasteiger partial charge >= 0.3 is 0 Å². The number of hydrogen-bond donors (Lipinski definition) is 2. The molecular formula is C13H30IN3O. The van der Waals surface area contributed by atoms with Gasteiger partial charge in [0.05, 0.1) is 0 Å². The summed E-state index contributed by atoms with van der Waals surface area (Å²) in [4.78, 5) is 4.18. The monoisotopic (exact) mass is 371 g/mol. The van der Waals surface area contributed by atoms with Gasteiger partial charge in [-0.25, -0.2) is 0 Å². The SMILES string of the molecule is CCCCCCNC(=NC)NCCCOCC.I. The Morgan fingerprint density at radius 3 is 2.22 bits per heavy atom. The normalized spacial score (nSPS) is 10.9. The van der Waals surface area contributed by atoms with Gasteiger partial charge in [-0.2, -0.15) is 0 Å². The topological polar surface area (TPSA) is 45.7 Å². The molecule has 0 saturated heterocycles. The van der Waals surface area contributed by atoms with Gasteiger partial charge < -0.3 is 15.4 Å². The third kappa shape index (κ3) is 14.0. The molecule has 0 amide bonds. The first-order valence-electron chi connectivity index (χ1n) is 6.87. The number of halogens is 1. The van der Waals surface area contributed by atoms with Crippen LogP contribution in [0.5, 0.6) is 0 Å². The van der Waals surface area contributed by atoms with Crippen molar-refractivity contribution in [1.82, 2.24) is 10.6 Å². The summed E-state index contributed by atoms with van der Waals surface area (Å²) in [5.41, 5.74) is 0. The van der Waals surface area contributed by atoms with Crippen molar-refractivity contribution in [2.45, 2.75) is 46.0 Å². The van der Waals surface area contributed by atoms with Crippen LogP contribution in [0.2, 0.25) is 0 Å². The van der Waals surface area contributed by atoms with Crippen molar-refractivity contribution in [3.05, 3.63) is 0 Å². The number of nitrogens with zero attached hydrogens (tertiary/aromatic N) is 1. The Labute approximate surface area is 129 Å². The minimum atomic E-state index is 0. The summed E-state index contributed by atoms with van der Waals surface area (Å²) in [5.74, 6) is 0.901. The van der Waals surface area contributed by atoms with Crippen LogP contribution in [-0.2, 0) is 4.74 Å². The first-order valence-corrected chi connectivity index (χ1v) is 6.87. The van der Waals surface area contributed by atoms with Gasteiger partial charge in [-0.05, 0) is 19.8 Å². The summed E-state index contributed by atoms with van der Waals surface area (Å²) in [6, 6.07) is 0. The van der Waals surface area contributed by atoms with Gasteiger partial charge in [0.15, 0.2) is 5.96 Å². The molecule has 0 radical (unpaired) electrons. The molecule has 0 aromatic carbocycles. The molecule has 0 atom stereocenters. The molecule has 0 aliphatic heterocycles. The quantitative estimate of drug-likeness (QED) is 0.269. The summed E-state index contributed by atoms with van der Waals surface area (Å²) in [6.45, 7) is 7.78. The molecule has 0 aliphatic carbocycles. The first kappa shape index (κ1) is 20.3. The molecule has 0 aliphatic rings. The highest BCUT2D eigenvalue weighted by Crippen LogP contribution is 1.96. The standard InChI is InChI=1S/C13H29N3O.HI/c1-4-6-7-8-10-15-13(14-3)16-11-9-12-17-5-2;/h4-12H2,1-3H3,(H2,14,15,16);1H. The minimum Gasteiger partial charge on any atom is -0.382 e. The second kappa shape index (κ2) is 17.0. The van der Waals surface area contributed by atoms with Crippen LogP contribution in [0, 0.1) is 0 Å². The molecule has 0 unspecified atom stereocenters. The van der Waals surface area contributed by atoms with Crippen molar-refractivity contribution in [3.8, 4) is 0 Å². The number of hydrogen-bond acceptors (Lipinski definition) is 2. The Bertz CT molecular complexity index is 173. The van der Waals surface area contributed by atoms with Crippen LogP contribution in [0.15, 0.2) is 4.99 Å². The minimum absolute atomic E-state index is 0. The number of nitrogens with one attached hydrogen (secondary N) is 2. The lowest BCUT2D eigenvalue weighted by molar-refractivity contribution is 0.145. The van der Waals surface area contributed by atoms with E-state index in [-0.39, 0.29) is 24.0 Å². The summed E-state index contributed by atoms with van der Waals surface area (Å²) in [5, 5.41) is 6.60. The molecule has 2 N–H and O–H groups in total. The van der Waals surface area contributed by atoms with E-state index >= 15 is 0 Å². The Kier molecular flexibility index (Phi) is 19.1. The number of ether oxygens (including phenoxy) is 1. The third-order valence-corrected chi connectivity index (χ3v) is 2.51. The highest BCUT2D eigenvalue weighted by Gasteiger charge is 1.96. The maximum absolute atomic E-state index is 5.27. The van der Waals surface area contributed by atoms with Crippen LogP contribution in [0.4, 0.5) is 0 Å². The summed E-state index contributed by atoms with van der Waals surface area (Å²) in [7, 11) is 1.81. The number of guanidine groups is 1. The van der Waals surface area contributed by atoms with Crippen molar-refractivity contribution in [2.75, 3.05) is 33.4 Å². The fourth-order valence-corrected chi connectivity index (χ4v) is 1.50. The van der Waals surface area contributed by atoms with E-state index in [4.69, 9.17) is 4.74 Å². The van der Waals surface area contributed by atoms with Crippen molar-refractivity contribution in [1.29, 1.82) is 0 Å². The molecule has 0 heterocycles. The molecule has 0 rings (SSSR count). The Morgan fingerprint density at radius 1 is 1.00 bits per heavy atom. The van der Waals surface area contributed by atoms with Gasteiger partial charge in [-0.15, -0.1) is 24.0 Å². The summed E-state index contributed by atoms with van der Waals surface area (Å²) < 4.78 is 5.27. The molecule has 0 aromatic rings. The molecule has 4 nitrogen and oxygen atoms in total. The van der Waals surface area contributed by atoms with Crippen LogP contribution < -0.4 is 10.6 Å². The van der Waals surface area contributed by atoms with Gasteiger partial charge in [0.2, 0.25) is 0 Å². The van der Waals surface area contributed by atoms with Gasteiger partial charge in [0.1, 0.15) is 0 Å². The maximum atomic E-state index is 5.27. The van der Waals surface area contributed by atoms with Gasteiger partial charge in [0, 0.05) is 33.4 Å². The average Bonchev–Trinajstić information content (AvgIpc) is 2.36. The van der Waals surface area contributed by atoms with Crippen LogP contribution in [0.1, 0.15) is 46.0 Å². The molecule has 0 spiro atoms. The lowest BCUT2D eigenvalue weighted by Gasteiger charge is -2.11. The molecule has 0 bridgehead atoms. The zero-order valence-electron chi connectivity index (χ0n) is 12.1. The molecular weight excluding hydrogens is 341 g/mol. The van der Waals surface area contributed by atoms with Crippen LogP contribution in [0.25, 0.3) is 0 Å². The Balaban J connectivity index is 0. The van der Waals surface area contributed by atoms with E-state index in [1.165, 1.54) is 25.7 Å². The van der Waals surface area contributed by atoms with E-state index in [0.29, 0.717) is 0 Å². The summed E-state index contributed by atoms with van der Waals surface area (Å²) >= 11 is 0. The lowest BCUT2D eigenvalue weighted by Crippen LogP contribution is -2.38. The molecule has 0 fully saturated rings.